The zero-order chi connectivity index (χ0) is 12.3. The van der Waals surface area contributed by atoms with Crippen molar-refractivity contribution in [1.82, 2.24) is 0 Å². The molecule has 2 nitrogen and oxygen atoms in total. The van der Waals surface area contributed by atoms with E-state index in [2.05, 4.69) is 37.2 Å². The van der Waals surface area contributed by atoms with Gasteiger partial charge in [-0.2, -0.15) is 0 Å². The second kappa shape index (κ2) is 3.43. The monoisotopic (exact) mass is 240 g/mol. The van der Waals surface area contributed by atoms with E-state index in [1.807, 2.05) is 0 Å². The quantitative estimate of drug-likeness (QED) is 0.621. The molecule has 94 valence electrons. The lowest BCUT2D eigenvalue weighted by molar-refractivity contribution is 0.306. The van der Waals surface area contributed by atoms with Crippen LogP contribution in [-0.4, -0.2) is 24.5 Å². The Balaban J connectivity index is 2.02. The molecular weight excluding hydrogens is 220 g/mol. The Morgan fingerprint density at radius 2 is 2.22 bits per heavy atom. The van der Waals surface area contributed by atoms with Gasteiger partial charge in [0, 0.05) is 23.3 Å². The van der Waals surface area contributed by atoms with Gasteiger partial charge in [-0.05, 0) is 30.8 Å². The molecule has 0 aromatic carbocycles. The van der Waals surface area contributed by atoms with Gasteiger partial charge in [0.25, 0.3) is 0 Å². The van der Waals surface area contributed by atoms with Crippen LogP contribution in [0, 0.1) is 17.3 Å². The summed E-state index contributed by atoms with van der Waals surface area (Å²) >= 11 is 0. The molecule has 0 saturated carbocycles. The molecule has 2 aliphatic heterocycles. The smallest absolute Gasteiger partial charge is 0.0569 e. The summed E-state index contributed by atoms with van der Waals surface area (Å²) in [5.41, 5.74) is 4.85. The third-order valence-electron chi connectivity index (χ3n) is 5.61. The van der Waals surface area contributed by atoms with Gasteiger partial charge in [-0.3, -0.25) is 9.98 Å². The molecule has 0 N–H and O–H groups in total. The van der Waals surface area contributed by atoms with Crippen molar-refractivity contribution in [1.29, 1.82) is 0 Å². The Morgan fingerprint density at radius 1 is 1.33 bits per heavy atom. The number of aliphatic imine (C=N–C) groups is 2. The molecule has 4 atom stereocenters. The van der Waals surface area contributed by atoms with Gasteiger partial charge in [0.15, 0.2) is 0 Å². The van der Waals surface area contributed by atoms with Crippen LogP contribution in [0.4, 0.5) is 0 Å². The van der Waals surface area contributed by atoms with Gasteiger partial charge in [0.05, 0.1) is 12.6 Å². The third kappa shape index (κ3) is 1.19. The first kappa shape index (κ1) is 10.7. The molecule has 4 rings (SSSR count). The fourth-order valence-electron chi connectivity index (χ4n) is 4.35. The van der Waals surface area contributed by atoms with E-state index in [0.29, 0.717) is 17.9 Å². The van der Waals surface area contributed by atoms with Crippen LogP contribution in [0.5, 0.6) is 0 Å². The van der Waals surface area contributed by atoms with Crippen LogP contribution in [0.25, 0.3) is 0 Å². The van der Waals surface area contributed by atoms with Crippen molar-refractivity contribution in [2.24, 2.45) is 27.2 Å². The second-order valence-electron chi connectivity index (χ2n) is 6.38. The van der Waals surface area contributed by atoms with E-state index in [4.69, 9.17) is 4.99 Å². The Bertz CT molecular complexity index is 523. The molecule has 0 amide bonds. The number of fused-ring (bicyclic) bond motifs is 1. The summed E-state index contributed by atoms with van der Waals surface area (Å²) in [5.74, 6) is 1.21. The van der Waals surface area contributed by atoms with Crippen LogP contribution in [0.3, 0.4) is 0 Å². The molecule has 5 bridgehead atoms. The molecule has 18 heavy (non-hydrogen) atoms. The molecule has 0 saturated heterocycles. The summed E-state index contributed by atoms with van der Waals surface area (Å²) < 4.78 is 0. The topological polar surface area (TPSA) is 24.7 Å². The average molecular weight is 240 g/mol. The fraction of sp³-hybridized carbons (Fsp3) is 0.625. The van der Waals surface area contributed by atoms with Crippen molar-refractivity contribution in [3.05, 3.63) is 23.3 Å². The summed E-state index contributed by atoms with van der Waals surface area (Å²) in [6.45, 7) is 5.60. The molecule has 0 spiro atoms. The first-order valence-electron chi connectivity index (χ1n) is 7.18. The van der Waals surface area contributed by atoms with Gasteiger partial charge >= 0.3 is 0 Å². The molecule has 4 aliphatic rings. The summed E-state index contributed by atoms with van der Waals surface area (Å²) in [6, 6.07) is 0.515. The number of allylic oxidation sites excluding steroid dienone is 3. The largest absolute Gasteiger partial charge is 0.292 e. The van der Waals surface area contributed by atoms with Gasteiger partial charge in [-0.15, -0.1) is 0 Å². The van der Waals surface area contributed by atoms with Gasteiger partial charge in [-0.1, -0.05) is 31.6 Å². The maximum atomic E-state index is 5.03. The highest BCUT2D eigenvalue weighted by molar-refractivity contribution is 5.94. The molecule has 2 heterocycles. The van der Waals surface area contributed by atoms with Crippen LogP contribution >= 0.6 is 0 Å². The lowest BCUT2D eigenvalue weighted by atomic mass is 9.66. The summed E-state index contributed by atoms with van der Waals surface area (Å²) in [6.07, 6.45) is 10.4. The van der Waals surface area contributed by atoms with Crippen LogP contribution in [-0.2, 0) is 0 Å². The first-order chi connectivity index (χ1) is 8.70. The Kier molecular flexibility index (Phi) is 2.04. The number of rotatable bonds is 0. The van der Waals surface area contributed by atoms with Crippen molar-refractivity contribution >= 4 is 11.9 Å². The minimum Gasteiger partial charge on any atom is -0.292 e. The van der Waals surface area contributed by atoms with E-state index in [9.17, 15) is 0 Å². The van der Waals surface area contributed by atoms with Gasteiger partial charge < -0.3 is 0 Å². The lowest BCUT2D eigenvalue weighted by Crippen LogP contribution is -2.37. The average Bonchev–Trinajstić information content (AvgIpc) is 2.75. The van der Waals surface area contributed by atoms with Gasteiger partial charge in [0.2, 0.25) is 0 Å². The first-order valence-corrected chi connectivity index (χ1v) is 7.18. The van der Waals surface area contributed by atoms with Crippen molar-refractivity contribution in [3.63, 3.8) is 0 Å². The lowest BCUT2D eigenvalue weighted by Gasteiger charge is -2.40. The maximum Gasteiger partial charge on any atom is 0.0569 e. The second-order valence-corrected chi connectivity index (χ2v) is 6.38. The molecule has 2 aliphatic carbocycles. The predicted molar refractivity (Wildman–Crippen MR) is 75.4 cm³/mol. The SMILES string of the molecule is CC1C2CC3C(=N2)CCC2=C3C=CCN=CC21C. The molecular formula is C16H20N2. The van der Waals surface area contributed by atoms with Gasteiger partial charge in [-0.25, -0.2) is 0 Å². The molecule has 2 heteroatoms. The Hall–Kier alpha value is -1.18. The summed E-state index contributed by atoms with van der Waals surface area (Å²) in [5, 5.41) is 0. The van der Waals surface area contributed by atoms with E-state index < -0.39 is 0 Å². The summed E-state index contributed by atoms with van der Waals surface area (Å²) in [7, 11) is 0. The minimum absolute atomic E-state index is 0.134. The molecule has 4 unspecified atom stereocenters. The Labute approximate surface area is 109 Å². The van der Waals surface area contributed by atoms with E-state index in [0.717, 1.165) is 6.54 Å². The highest BCUT2D eigenvalue weighted by Crippen LogP contribution is 2.53. The Morgan fingerprint density at radius 3 is 3.11 bits per heavy atom. The van der Waals surface area contributed by atoms with E-state index in [-0.39, 0.29) is 5.41 Å². The minimum atomic E-state index is 0.134. The number of hydrogen-bond donors (Lipinski definition) is 0. The molecule has 0 aromatic rings. The fourth-order valence-corrected chi connectivity index (χ4v) is 4.35. The maximum absolute atomic E-state index is 5.03. The van der Waals surface area contributed by atoms with E-state index in [1.54, 1.807) is 11.1 Å². The molecule has 0 fully saturated rings. The van der Waals surface area contributed by atoms with Crippen molar-refractivity contribution in [3.8, 4) is 0 Å². The molecule has 0 radical (unpaired) electrons. The predicted octanol–water partition coefficient (Wildman–Crippen LogP) is 3.20. The normalized spacial score (nSPS) is 44.8. The highest BCUT2D eigenvalue weighted by atomic mass is 14.9. The third-order valence-corrected chi connectivity index (χ3v) is 5.61. The van der Waals surface area contributed by atoms with E-state index in [1.165, 1.54) is 25.0 Å². The van der Waals surface area contributed by atoms with Crippen LogP contribution < -0.4 is 0 Å². The van der Waals surface area contributed by atoms with Crippen molar-refractivity contribution in [2.45, 2.75) is 39.2 Å². The highest BCUT2D eigenvalue weighted by Gasteiger charge is 2.49. The van der Waals surface area contributed by atoms with Crippen LogP contribution in [0.2, 0.25) is 0 Å². The van der Waals surface area contributed by atoms with Gasteiger partial charge in [0.1, 0.15) is 0 Å². The van der Waals surface area contributed by atoms with Crippen molar-refractivity contribution < 1.29 is 0 Å². The zero-order valence-electron chi connectivity index (χ0n) is 11.2. The van der Waals surface area contributed by atoms with E-state index >= 15 is 0 Å². The molecule has 0 aromatic heterocycles. The zero-order valence-corrected chi connectivity index (χ0v) is 11.2. The summed E-state index contributed by atoms with van der Waals surface area (Å²) in [4.78, 5) is 9.65. The van der Waals surface area contributed by atoms with Crippen LogP contribution in [0.1, 0.15) is 33.1 Å². The standard InChI is InChI=1S/C16H20N2/c1-10-15-8-12-11-4-3-7-17-9-16(10,2)13(11)5-6-14(12)18-15/h3-4,9-10,12,15H,5-8H2,1-2H3. The number of nitrogens with zero attached hydrogens (tertiary/aromatic N) is 2. The number of hydrogen-bond acceptors (Lipinski definition) is 2. The van der Waals surface area contributed by atoms with Crippen LogP contribution in [0.15, 0.2) is 33.3 Å². The van der Waals surface area contributed by atoms with Crippen molar-refractivity contribution in [2.75, 3.05) is 6.54 Å².